The smallest absolute Gasteiger partial charge is 0.118 e. The van der Waals surface area contributed by atoms with Gasteiger partial charge in [-0.1, -0.05) is 79.5 Å². The van der Waals surface area contributed by atoms with Gasteiger partial charge in [0.2, 0.25) is 0 Å². The third-order valence-electron chi connectivity index (χ3n) is 4.58. The second-order valence-electron chi connectivity index (χ2n) is 6.48. The van der Waals surface area contributed by atoms with Gasteiger partial charge in [-0.05, 0) is 35.7 Å². The molecule has 0 spiro atoms. The van der Waals surface area contributed by atoms with Gasteiger partial charge in [-0.3, -0.25) is 0 Å². The van der Waals surface area contributed by atoms with E-state index in [1.54, 1.807) is 7.11 Å². The van der Waals surface area contributed by atoms with Crippen molar-refractivity contribution in [2.75, 3.05) is 7.11 Å². The molecule has 2 rings (SSSR count). The van der Waals surface area contributed by atoms with Crippen molar-refractivity contribution in [3.05, 3.63) is 84.6 Å². The summed E-state index contributed by atoms with van der Waals surface area (Å²) in [6, 6.07) is 18.9. The van der Waals surface area contributed by atoms with Gasteiger partial charge in [0.05, 0.1) is 15.2 Å². The van der Waals surface area contributed by atoms with Crippen molar-refractivity contribution in [1.29, 1.82) is 0 Å². The normalized spacial score (nSPS) is 12.6. The summed E-state index contributed by atoms with van der Waals surface area (Å²) in [4.78, 5) is 0. The van der Waals surface area contributed by atoms with E-state index in [2.05, 4.69) is 92.2 Å². The lowest BCUT2D eigenvalue weighted by molar-refractivity contribution is 0.415. The zero-order valence-corrected chi connectivity index (χ0v) is 15.8. The second-order valence-corrected chi connectivity index (χ2v) is 11.2. The molecule has 1 unspecified atom stereocenters. The van der Waals surface area contributed by atoms with Crippen molar-refractivity contribution in [2.24, 2.45) is 0 Å². The van der Waals surface area contributed by atoms with Gasteiger partial charge in [-0.25, -0.2) is 0 Å². The first-order chi connectivity index (χ1) is 11.6. The molecule has 2 aromatic rings. The lowest BCUT2D eigenvalue weighted by Gasteiger charge is -2.30. The molecule has 0 saturated carbocycles. The predicted molar refractivity (Wildman–Crippen MR) is 108 cm³/mol. The summed E-state index contributed by atoms with van der Waals surface area (Å²) >= 11 is 0. The maximum atomic E-state index is 5.28. The largest absolute Gasteiger partial charge is 0.497 e. The molecular weight excluding hydrogens is 308 g/mol. The second kappa shape index (κ2) is 8.54. The van der Waals surface area contributed by atoms with Gasteiger partial charge >= 0.3 is 0 Å². The average molecular weight is 335 g/mol. The predicted octanol–water partition coefficient (Wildman–Crippen LogP) is 5.43. The van der Waals surface area contributed by atoms with E-state index in [9.17, 15) is 0 Å². The molecule has 24 heavy (non-hydrogen) atoms. The fourth-order valence-electron chi connectivity index (χ4n) is 2.86. The number of hydrogen-bond acceptors (Lipinski definition) is 1. The molecule has 0 amide bonds. The molecule has 0 aliphatic rings. The molecule has 124 valence electrons. The average Bonchev–Trinajstić information content (AvgIpc) is 2.62. The van der Waals surface area contributed by atoms with Crippen molar-refractivity contribution in [1.82, 2.24) is 0 Å². The summed E-state index contributed by atoms with van der Waals surface area (Å²) in [5.41, 5.74) is 4.72. The summed E-state index contributed by atoms with van der Waals surface area (Å²) < 4.78 is 5.28. The minimum Gasteiger partial charge on any atom is -0.497 e. The SMILES string of the molecule is C=C=CC(C/C=C/c1ccccc1)[Si](C)(C)c1ccc(OC)cc1. The van der Waals surface area contributed by atoms with E-state index in [0.717, 1.165) is 12.2 Å². The van der Waals surface area contributed by atoms with Crippen molar-refractivity contribution < 1.29 is 4.74 Å². The van der Waals surface area contributed by atoms with E-state index in [1.165, 1.54) is 10.8 Å². The van der Waals surface area contributed by atoms with Gasteiger partial charge in [0.15, 0.2) is 0 Å². The van der Waals surface area contributed by atoms with E-state index < -0.39 is 8.07 Å². The van der Waals surface area contributed by atoms with Crippen molar-refractivity contribution >= 4 is 19.3 Å². The van der Waals surface area contributed by atoms with Gasteiger partial charge in [-0.2, -0.15) is 0 Å². The molecule has 1 atom stereocenters. The van der Waals surface area contributed by atoms with Gasteiger partial charge in [0.1, 0.15) is 5.75 Å². The Hall–Kier alpha value is -2.28. The van der Waals surface area contributed by atoms with Gasteiger partial charge in [0, 0.05) is 0 Å². The molecule has 0 fully saturated rings. The molecule has 0 aliphatic carbocycles. The first-order valence-corrected chi connectivity index (χ1v) is 11.4. The van der Waals surface area contributed by atoms with Crippen LogP contribution in [0.2, 0.25) is 18.6 Å². The standard InChI is InChI=1S/C22H26OSi/c1-5-10-21(14-9-13-19-11-7-6-8-12-19)24(3,4)22-17-15-20(23-2)16-18-22/h6-13,15-18,21H,1,14H2,2-4H3/b13-9+. The van der Waals surface area contributed by atoms with Crippen LogP contribution in [-0.2, 0) is 0 Å². The summed E-state index contributed by atoms with van der Waals surface area (Å²) in [7, 11) is 0.0350. The summed E-state index contributed by atoms with van der Waals surface area (Å²) in [5.74, 6) is 0.906. The van der Waals surface area contributed by atoms with Crippen LogP contribution >= 0.6 is 0 Å². The molecule has 1 nitrogen and oxygen atoms in total. The molecule has 0 heterocycles. The van der Waals surface area contributed by atoms with Crippen LogP contribution in [0.4, 0.5) is 0 Å². The van der Waals surface area contributed by atoms with Gasteiger partial charge in [-0.15, -0.1) is 5.73 Å². The first-order valence-electron chi connectivity index (χ1n) is 8.30. The molecule has 0 radical (unpaired) electrons. The first kappa shape index (κ1) is 18.1. The van der Waals surface area contributed by atoms with Gasteiger partial charge < -0.3 is 4.74 Å². The number of allylic oxidation sites excluding steroid dienone is 2. The fraction of sp³-hybridized carbons (Fsp3) is 0.227. The topological polar surface area (TPSA) is 9.23 Å². The number of ether oxygens (including phenoxy) is 1. The summed E-state index contributed by atoms with van der Waals surface area (Å²) in [5, 5.41) is 1.42. The van der Waals surface area contributed by atoms with Crippen LogP contribution in [0, 0.1) is 0 Å². The lowest BCUT2D eigenvalue weighted by Crippen LogP contribution is -2.45. The Morgan fingerprint density at radius 3 is 2.33 bits per heavy atom. The van der Waals surface area contributed by atoms with E-state index in [0.29, 0.717) is 5.54 Å². The van der Waals surface area contributed by atoms with Crippen LogP contribution in [-0.4, -0.2) is 15.2 Å². The van der Waals surface area contributed by atoms with Crippen LogP contribution in [0.15, 0.2) is 79.1 Å². The maximum Gasteiger partial charge on any atom is 0.118 e. The van der Waals surface area contributed by atoms with Crippen molar-refractivity contribution in [3.8, 4) is 5.75 Å². The lowest BCUT2D eigenvalue weighted by atomic mass is 10.2. The highest BCUT2D eigenvalue weighted by Crippen LogP contribution is 2.28. The molecular formula is C22H26OSi. The Morgan fingerprint density at radius 2 is 1.75 bits per heavy atom. The van der Waals surface area contributed by atoms with Crippen LogP contribution < -0.4 is 9.92 Å². The third kappa shape index (κ3) is 4.61. The van der Waals surface area contributed by atoms with Crippen molar-refractivity contribution in [3.63, 3.8) is 0 Å². The van der Waals surface area contributed by atoms with Crippen LogP contribution in [0.1, 0.15) is 12.0 Å². The third-order valence-corrected chi connectivity index (χ3v) is 8.66. The van der Waals surface area contributed by atoms with E-state index >= 15 is 0 Å². The maximum absolute atomic E-state index is 5.28. The zero-order chi connectivity index (χ0) is 17.4. The molecule has 0 bridgehead atoms. The summed E-state index contributed by atoms with van der Waals surface area (Å²) in [6.45, 7) is 8.61. The van der Waals surface area contributed by atoms with Crippen LogP contribution in [0.5, 0.6) is 5.75 Å². The van der Waals surface area contributed by atoms with Crippen LogP contribution in [0.25, 0.3) is 6.08 Å². The number of methoxy groups -OCH3 is 1. The zero-order valence-electron chi connectivity index (χ0n) is 14.8. The molecule has 0 aromatic heterocycles. The molecule has 0 saturated heterocycles. The van der Waals surface area contributed by atoms with Gasteiger partial charge in [0.25, 0.3) is 0 Å². The highest BCUT2D eigenvalue weighted by atomic mass is 28.3. The number of hydrogen-bond donors (Lipinski definition) is 0. The Kier molecular flexibility index (Phi) is 6.42. The highest BCUT2D eigenvalue weighted by Gasteiger charge is 2.31. The Bertz CT molecular complexity index is 707. The fourth-order valence-corrected chi connectivity index (χ4v) is 5.58. The monoisotopic (exact) mass is 334 g/mol. The Labute approximate surface area is 147 Å². The Balaban J connectivity index is 2.18. The molecule has 2 aromatic carbocycles. The minimum atomic E-state index is -1.67. The van der Waals surface area contributed by atoms with Crippen molar-refractivity contribution in [2.45, 2.75) is 25.1 Å². The Morgan fingerprint density at radius 1 is 1.08 bits per heavy atom. The number of benzene rings is 2. The highest BCUT2D eigenvalue weighted by molar-refractivity contribution is 6.91. The summed E-state index contributed by atoms with van der Waals surface area (Å²) in [6.07, 6.45) is 7.61. The molecule has 2 heteroatoms. The molecule has 0 aliphatic heterocycles. The van der Waals surface area contributed by atoms with E-state index in [-0.39, 0.29) is 0 Å². The van der Waals surface area contributed by atoms with Crippen LogP contribution in [0.3, 0.4) is 0 Å². The quantitative estimate of drug-likeness (QED) is 0.485. The van der Waals surface area contributed by atoms with E-state index in [1.807, 2.05) is 6.07 Å². The van der Waals surface area contributed by atoms with E-state index in [4.69, 9.17) is 4.74 Å². The minimum absolute atomic E-state index is 0.461. The molecule has 0 N–H and O–H groups in total. The number of rotatable bonds is 7.